The first-order valence-corrected chi connectivity index (χ1v) is 5.59. The monoisotopic (exact) mass is 212 g/mol. The van der Waals surface area contributed by atoms with Crippen molar-refractivity contribution < 1.29 is 5.11 Å². The van der Waals surface area contributed by atoms with E-state index in [0.717, 1.165) is 12.0 Å². The van der Waals surface area contributed by atoms with Crippen LogP contribution in [0.1, 0.15) is 18.9 Å². The van der Waals surface area contributed by atoms with Gasteiger partial charge in [-0.2, -0.15) is 0 Å². The van der Waals surface area contributed by atoms with Gasteiger partial charge in [0.05, 0.1) is 0 Å². The number of rotatable bonds is 2. The predicted molar refractivity (Wildman–Crippen MR) is 68.1 cm³/mol. The number of benzene rings is 1. The topological polar surface area (TPSA) is 20.2 Å². The van der Waals surface area contributed by atoms with E-state index < -0.39 is 0 Å². The summed E-state index contributed by atoms with van der Waals surface area (Å²) in [6.45, 7) is 2.22. The molecular formula is C15H16O. The Labute approximate surface area is 96.4 Å². The third-order valence-electron chi connectivity index (χ3n) is 2.66. The Hall–Kier alpha value is -1.76. The maximum absolute atomic E-state index is 9.16. The molecule has 0 amide bonds. The number of phenols is 1. The van der Waals surface area contributed by atoms with Crippen LogP contribution in [0.15, 0.2) is 54.1 Å². The first-order valence-electron chi connectivity index (χ1n) is 5.59. The zero-order chi connectivity index (χ0) is 11.4. The van der Waals surface area contributed by atoms with Gasteiger partial charge < -0.3 is 5.11 Å². The van der Waals surface area contributed by atoms with E-state index in [9.17, 15) is 0 Å². The molecule has 0 heterocycles. The molecule has 0 fully saturated rings. The molecule has 1 aliphatic rings. The molecule has 0 aromatic heterocycles. The average Bonchev–Trinajstić information content (AvgIpc) is 2.28. The Morgan fingerprint density at radius 1 is 1.19 bits per heavy atom. The van der Waals surface area contributed by atoms with E-state index in [1.807, 2.05) is 12.1 Å². The fourth-order valence-electron chi connectivity index (χ4n) is 1.76. The van der Waals surface area contributed by atoms with Gasteiger partial charge in [-0.1, -0.05) is 49.4 Å². The van der Waals surface area contributed by atoms with Crippen LogP contribution in [0, 0.1) is 5.92 Å². The third-order valence-corrected chi connectivity index (χ3v) is 2.66. The highest BCUT2D eigenvalue weighted by molar-refractivity contribution is 5.55. The second-order valence-electron chi connectivity index (χ2n) is 4.21. The lowest BCUT2D eigenvalue weighted by Crippen LogP contribution is -1.92. The summed E-state index contributed by atoms with van der Waals surface area (Å²) in [6, 6.07) is 7.21. The molecule has 1 aliphatic carbocycles. The molecule has 2 rings (SSSR count). The number of hydrogen-bond acceptors (Lipinski definition) is 1. The molecule has 1 unspecified atom stereocenters. The smallest absolute Gasteiger partial charge is 0.115 e. The Morgan fingerprint density at radius 2 is 1.94 bits per heavy atom. The summed E-state index contributed by atoms with van der Waals surface area (Å²) in [6.07, 6.45) is 11.9. The number of phenolic OH excluding ortho intramolecular Hbond substituents is 1. The average molecular weight is 212 g/mol. The molecule has 0 bridgehead atoms. The summed E-state index contributed by atoms with van der Waals surface area (Å²) in [7, 11) is 0. The van der Waals surface area contributed by atoms with E-state index in [-0.39, 0.29) is 0 Å². The summed E-state index contributed by atoms with van der Waals surface area (Å²) < 4.78 is 0. The zero-order valence-electron chi connectivity index (χ0n) is 9.43. The molecule has 1 atom stereocenters. The third kappa shape index (κ3) is 2.86. The predicted octanol–water partition coefficient (Wildman–Crippen LogP) is 3.93. The van der Waals surface area contributed by atoms with Gasteiger partial charge in [-0.3, -0.25) is 0 Å². The lowest BCUT2D eigenvalue weighted by molar-refractivity contribution is 0.475. The van der Waals surface area contributed by atoms with Gasteiger partial charge in [0.25, 0.3) is 0 Å². The summed E-state index contributed by atoms with van der Waals surface area (Å²) in [5, 5.41) is 9.16. The Balaban J connectivity index is 2.09. The van der Waals surface area contributed by atoms with Gasteiger partial charge in [0.2, 0.25) is 0 Å². The molecule has 0 saturated carbocycles. The molecule has 0 radical (unpaired) electrons. The van der Waals surface area contributed by atoms with Crippen molar-refractivity contribution in [1.82, 2.24) is 0 Å². The van der Waals surface area contributed by atoms with Crippen molar-refractivity contribution >= 4 is 6.08 Å². The minimum Gasteiger partial charge on any atom is -0.508 e. The molecule has 1 aromatic rings. The van der Waals surface area contributed by atoms with Crippen molar-refractivity contribution in [2.75, 3.05) is 0 Å². The van der Waals surface area contributed by atoms with Crippen molar-refractivity contribution in [3.63, 3.8) is 0 Å². The van der Waals surface area contributed by atoms with Gasteiger partial charge in [-0.15, -0.1) is 0 Å². The van der Waals surface area contributed by atoms with Crippen molar-refractivity contribution in [3.05, 3.63) is 59.7 Å². The Bertz CT molecular complexity index is 435. The molecular weight excluding hydrogens is 196 g/mol. The Kier molecular flexibility index (Phi) is 3.25. The standard InChI is InChI=1S/C15H16O/c1-12-3-2-4-14(11-12)6-5-13-7-9-15(16)10-8-13/h2,4-12,16H,3H2,1H3/b6-5+. The summed E-state index contributed by atoms with van der Waals surface area (Å²) in [5.74, 6) is 0.937. The Morgan fingerprint density at radius 3 is 2.62 bits per heavy atom. The molecule has 1 aromatic carbocycles. The zero-order valence-corrected chi connectivity index (χ0v) is 9.43. The van der Waals surface area contributed by atoms with Crippen LogP contribution in [0.5, 0.6) is 5.75 Å². The second kappa shape index (κ2) is 4.84. The highest BCUT2D eigenvalue weighted by atomic mass is 16.3. The van der Waals surface area contributed by atoms with Crippen molar-refractivity contribution in [2.24, 2.45) is 5.92 Å². The first-order chi connectivity index (χ1) is 7.74. The van der Waals surface area contributed by atoms with Crippen LogP contribution in [0.2, 0.25) is 0 Å². The summed E-state index contributed by atoms with van der Waals surface area (Å²) in [4.78, 5) is 0. The molecule has 16 heavy (non-hydrogen) atoms. The maximum Gasteiger partial charge on any atom is 0.115 e. The van der Waals surface area contributed by atoms with Crippen LogP contribution in [0.25, 0.3) is 6.08 Å². The molecule has 82 valence electrons. The fourth-order valence-corrected chi connectivity index (χ4v) is 1.76. The number of aromatic hydroxyl groups is 1. The van der Waals surface area contributed by atoms with Crippen molar-refractivity contribution in [3.8, 4) is 5.75 Å². The van der Waals surface area contributed by atoms with Crippen LogP contribution in [-0.4, -0.2) is 5.11 Å². The van der Waals surface area contributed by atoms with Crippen molar-refractivity contribution in [2.45, 2.75) is 13.3 Å². The minimum absolute atomic E-state index is 0.308. The van der Waals surface area contributed by atoms with Gasteiger partial charge in [0, 0.05) is 0 Å². The van der Waals surface area contributed by atoms with Gasteiger partial charge in [-0.05, 0) is 35.6 Å². The van der Waals surface area contributed by atoms with Crippen LogP contribution >= 0.6 is 0 Å². The lowest BCUT2D eigenvalue weighted by Gasteiger charge is -2.08. The lowest BCUT2D eigenvalue weighted by atomic mass is 9.97. The van der Waals surface area contributed by atoms with E-state index in [2.05, 4.69) is 37.3 Å². The highest BCUT2D eigenvalue weighted by Gasteiger charge is 2.00. The molecule has 0 saturated heterocycles. The molecule has 1 N–H and O–H groups in total. The van der Waals surface area contributed by atoms with E-state index in [1.54, 1.807) is 12.1 Å². The molecule has 0 spiro atoms. The second-order valence-corrected chi connectivity index (χ2v) is 4.21. The minimum atomic E-state index is 0.308. The van der Waals surface area contributed by atoms with Crippen LogP contribution in [0.3, 0.4) is 0 Å². The van der Waals surface area contributed by atoms with Gasteiger partial charge in [-0.25, -0.2) is 0 Å². The van der Waals surface area contributed by atoms with Gasteiger partial charge >= 0.3 is 0 Å². The van der Waals surface area contributed by atoms with Gasteiger partial charge in [0.15, 0.2) is 0 Å². The molecule has 1 nitrogen and oxygen atoms in total. The van der Waals surface area contributed by atoms with E-state index >= 15 is 0 Å². The molecule has 1 heteroatoms. The van der Waals surface area contributed by atoms with E-state index in [4.69, 9.17) is 5.11 Å². The summed E-state index contributed by atoms with van der Waals surface area (Å²) >= 11 is 0. The largest absolute Gasteiger partial charge is 0.508 e. The SMILES string of the molecule is CC1C=C(/C=C/c2ccc(O)cc2)C=CC1. The molecule has 0 aliphatic heterocycles. The maximum atomic E-state index is 9.16. The van der Waals surface area contributed by atoms with E-state index in [0.29, 0.717) is 11.7 Å². The normalized spacial score (nSPS) is 20.1. The van der Waals surface area contributed by atoms with Crippen LogP contribution in [0.4, 0.5) is 0 Å². The van der Waals surface area contributed by atoms with Crippen LogP contribution in [-0.2, 0) is 0 Å². The number of hydrogen-bond donors (Lipinski definition) is 1. The highest BCUT2D eigenvalue weighted by Crippen LogP contribution is 2.18. The first kappa shape index (κ1) is 10.7. The van der Waals surface area contributed by atoms with E-state index in [1.165, 1.54) is 5.57 Å². The summed E-state index contributed by atoms with van der Waals surface area (Å²) in [5.41, 5.74) is 2.36. The van der Waals surface area contributed by atoms with Gasteiger partial charge in [0.1, 0.15) is 5.75 Å². The van der Waals surface area contributed by atoms with Crippen LogP contribution < -0.4 is 0 Å². The van der Waals surface area contributed by atoms with Crippen molar-refractivity contribution in [1.29, 1.82) is 0 Å². The number of allylic oxidation sites excluding steroid dienone is 5. The fraction of sp³-hybridized carbons (Fsp3) is 0.200. The quantitative estimate of drug-likeness (QED) is 0.787.